The predicted octanol–water partition coefficient (Wildman–Crippen LogP) is 2.39. The van der Waals surface area contributed by atoms with Crippen LogP contribution in [0.15, 0.2) is 46.0 Å². The van der Waals surface area contributed by atoms with Gasteiger partial charge in [0.2, 0.25) is 15.9 Å². The third kappa shape index (κ3) is 4.81. The molecule has 22 heavy (non-hydrogen) atoms. The number of hydrogen-bond acceptors (Lipinski definition) is 4. The summed E-state index contributed by atoms with van der Waals surface area (Å²) >= 11 is 7.12. The van der Waals surface area contributed by atoms with Gasteiger partial charge in [-0.3, -0.25) is 4.79 Å². The molecular weight excluding hydrogens is 344 g/mol. The number of halogens is 1. The van der Waals surface area contributed by atoms with Crippen LogP contribution in [0.1, 0.15) is 12.0 Å². The van der Waals surface area contributed by atoms with E-state index < -0.39 is 10.0 Å². The van der Waals surface area contributed by atoms with Crippen molar-refractivity contribution in [1.29, 1.82) is 0 Å². The van der Waals surface area contributed by atoms with E-state index >= 15 is 0 Å². The monoisotopic (exact) mass is 358 g/mol. The third-order valence-electron chi connectivity index (χ3n) is 2.84. The summed E-state index contributed by atoms with van der Waals surface area (Å²) in [6.07, 6.45) is 0.0645. The average molecular weight is 359 g/mol. The molecule has 0 unspecified atom stereocenters. The van der Waals surface area contributed by atoms with E-state index in [1.165, 1.54) is 6.07 Å². The summed E-state index contributed by atoms with van der Waals surface area (Å²) in [6, 6.07) is 10.4. The van der Waals surface area contributed by atoms with Gasteiger partial charge in [-0.25, -0.2) is 13.1 Å². The Balaban J connectivity index is 1.76. The number of sulfonamides is 1. The Morgan fingerprint density at radius 3 is 2.64 bits per heavy atom. The fraction of sp³-hybridized carbons (Fsp3) is 0.214. The van der Waals surface area contributed by atoms with Crippen molar-refractivity contribution in [2.24, 2.45) is 0 Å². The van der Waals surface area contributed by atoms with Gasteiger partial charge in [-0.1, -0.05) is 35.9 Å². The number of amides is 1. The van der Waals surface area contributed by atoms with E-state index in [-0.39, 0.29) is 23.1 Å². The van der Waals surface area contributed by atoms with Crippen molar-refractivity contribution in [3.05, 3.63) is 52.4 Å². The van der Waals surface area contributed by atoms with E-state index in [9.17, 15) is 13.2 Å². The molecule has 8 heteroatoms. The molecule has 0 saturated heterocycles. The lowest BCUT2D eigenvalue weighted by Crippen LogP contribution is -2.30. The lowest BCUT2D eigenvalue weighted by Gasteiger charge is -2.07. The fourth-order valence-corrected chi connectivity index (χ4v) is 3.98. The normalized spacial score (nSPS) is 11.3. The first kappa shape index (κ1) is 17.0. The molecule has 0 spiro atoms. The number of carbonyl (C=O) groups excluding carboxylic acids is 1. The van der Waals surface area contributed by atoms with Crippen LogP contribution in [0.25, 0.3) is 0 Å². The van der Waals surface area contributed by atoms with Gasteiger partial charge in [0.1, 0.15) is 4.21 Å². The van der Waals surface area contributed by atoms with Crippen LogP contribution < -0.4 is 10.0 Å². The Bertz CT molecular complexity index is 730. The van der Waals surface area contributed by atoms with Gasteiger partial charge in [0.25, 0.3) is 0 Å². The zero-order chi connectivity index (χ0) is 16.0. The van der Waals surface area contributed by atoms with Crippen molar-refractivity contribution in [2.45, 2.75) is 17.2 Å². The molecule has 1 amide bonds. The van der Waals surface area contributed by atoms with Gasteiger partial charge in [0, 0.05) is 24.5 Å². The highest BCUT2D eigenvalue weighted by atomic mass is 35.5. The van der Waals surface area contributed by atoms with Gasteiger partial charge in [0.05, 0.1) is 0 Å². The third-order valence-corrected chi connectivity index (χ3v) is 6.07. The van der Waals surface area contributed by atoms with Crippen LogP contribution in [0.4, 0.5) is 0 Å². The SMILES string of the molecule is O=C(CCNS(=O)(=O)c1cccs1)NCc1ccccc1Cl. The summed E-state index contributed by atoms with van der Waals surface area (Å²) < 4.78 is 26.3. The smallest absolute Gasteiger partial charge is 0.250 e. The molecule has 0 fully saturated rings. The lowest BCUT2D eigenvalue weighted by molar-refractivity contribution is -0.121. The standard InChI is InChI=1S/C14H15ClN2O3S2/c15-12-5-2-1-4-11(12)10-16-13(18)7-8-17-22(19,20)14-6-3-9-21-14/h1-6,9,17H,7-8,10H2,(H,16,18). The zero-order valence-corrected chi connectivity index (χ0v) is 14.0. The van der Waals surface area contributed by atoms with E-state index in [4.69, 9.17) is 11.6 Å². The molecule has 0 radical (unpaired) electrons. The van der Waals surface area contributed by atoms with E-state index in [1.807, 2.05) is 18.2 Å². The number of benzene rings is 1. The second-order valence-electron chi connectivity index (χ2n) is 4.45. The Morgan fingerprint density at radius 1 is 1.18 bits per heavy atom. The number of nitrogens with one attached hydrogen (secondary N) is 2. The zero-order valence-electron chi connectivity index (χ0n) is 11.6. The van der Waals surface area contributed by atoms with Crippen molar-refractivity contribution in [2.75, 3.05) is 6.54 Å². The van der Waals surface area contributed by atoms with Gasteiger partial charge in [-0.15, -0.1) is 11.3 Å². The van der Waals surface area contributed by atoms with Gasteiger partial charge in [-0.2, -0.15) is 0 Å². The van der Waals surface area contributed by atoms with E-state index in [2.05, 4.69) is 10.0 Å². The second-order valence-corrected chi connectivity index (χ2v) is 7.80. The maximum atomic E-state index is 11.8. The minimum absolute atomic E-state index is 0.0502. The Morgan fingerprint density at radius 2 is 1.95 bits per heavy atom. The molecular formula is C14H15ClN2O3S2. The molecule has 0 aliphatic rings. The Hall–Kier alpha value is -1.41. The minimum Gasteiger partial charge on any atom is -0.352 e. The van der Waals surface area contributed by atoms with Gasteiger partial charge >= 0.3 is 0 Å². The molecule has 5 nitrogen and oxygen atoms in total. The quantitative estimate of drug-likeness (QED) is 0.798. The van der Waals surface area contributed by atoms with Crippen molar-refractivity contribution in [3.8, 4) is 0 Å². The highest BCUT2D eigenvalue weighted by molar-refractivity contribution is 7.91. The maximum Gasteiger partial charge on any atom is 0.250 e. The topological polar surface area (TPSA) is 75.3 Å². The average Bonchev–Trinajstić information content (AvgIpc) is 3.01. The van der Waals surface area contributed by atoms with Gasteiger partial charge in [0.15, 0.2) is 0 Å². The van der Waals surface area contributed by atoms with Crippen molar-refractivity contribution >= 4 is 38.9 Å². The van der Waals surface area contributed by atoms with Gasteiger partial charge < -0.3 is 5.32 Å². The molecule has 0 bridgehead atoms. The minimum atomic E-state index is -3.52. The van der Waals surface area contributed by atoms with Crippen molar-refractivity contribution < 1.29 is 13.2 Å². The molecule has 2 rings (SSSR count). The molecule has 1 aromatic carbocycles. The molecule has 0 aliphatic carbocycles. The van der Waals surface area contributed by atoms with Crippen LogP contribution in [-0.2, 0) is 21.4 Å². The molecule has 0 atom stereocenters. The summed E-state index contributed by atoms with van der Waals surface area (Å²) in [6.45, 7) is 0.366. The summed E-state index contributed by atoms with van der Waals surface area (Å²) in [4.78, 5) is 11.7. The van der Waals surface area contributed by atoms with E-state index in [0.717, 1.165) is 16.9 Å². The van der Waals surface area contributed by atoms with E-state index in [1.54, 1.807) is 17.5 Å². The summed E-state index contributed by atoms with van der Waals surface area (Å²) in [5.41, 5.74) is 0.816. The molecule has 2 N–H and O–H groups in total. The van der Waals surface area contributed by atoms with Crippen LogP contribution in [0.5, 0.6) is 0 Å². The molecule has 0 aliphatic heterocycles. The Labute approximate surface area is 138 Å². The molecule has 1 heterocycles. The predicted molar refractivity (Wildman–Crippen MR) is 87.4 cm³/mol. The second kappa shape index (κ2) is 7.73. The first-order valence-corrected chi connectivity index (χ1v) is 9.26. The van der Waals surface area contributed by atoms with E-state index in [0.29, 0.717) is 11.6 Å². The summed E-state index contributed by atoms with van der Waals surface area (Å²) in [5.74, 6) is -0.242. The largest absolute Gasteiger partial charge is 0.352 e. The first-order valence-electron chi connectivity index (χ1n) is 6.52. The van der Waals surface area contributed by atoms with Crippen LogP contribution >= 0.6 is 22.9 Å². The molecule has 2 aromatic rings. The van der Waals surface area contributed by atoms with Crippen LogP contribution in [0.2, 0.25) is 5.02 Å². The summed E-state index contributed by atoms with van der Waals surface area (Å²) in [7, 11) is -3.52. The molecule has 118 valence electrons. The number of rotatable bonds is 7. The van der Waals surface area contributed by atoms with Crippen LogP contribution in [-0.4, -0.2) is 20.9 Å². The molecule has 1 aromatic heterocycles. The molecule has 0 saturated carbocycles. The van der Waals surface area contributed by atoms with Crippen molar-refractivity contribution in [3.63, 3.8) is 0 Å². The maximum absolute atomic E-state index is 11.8. The number of thiophene rings is 1. The highest BCUT2D eigenvalue weighted by Gasteiger charge is 2.14. The fourth-order valence-electron chi connectivity index (χ4n) is 1.71. The number of carbonyl (C=O) groups is 1. The lowest BCUT2D eigenvalue weighted by atomic mass is 10.2. The van der Waals surface area contributed by atoms with Crippen molar-refractivity contribution in [1.82, 2.24) is 10.0 Å². The first-order chi connectivity index (χ1) is 10.5. The van der Waals surface area contributed by atoms with Gasteiger partial charge in [-0.05, 0) is 23.1 Å². The van der Waals surface area contributed by atoms with Crippen LogP contribution in [0.3, 0.4) is 0 Å². The Kier molecular flexibility index (Phi) is 5.96. The highest BCUT2D eigenvalue weighted by Crippen LogP contribution is 2.15. The van der Waals surface area contributed by atoms with Crippen LogP contribution in [0, 0.1) is 0 Å². The summed E-state index contributed by atoms with van der Waals surface area (Å²) in [5, 5.41) is 4.98. The number of hydrogen-bond donors (Lipinski definition) is 2.